The molecule has 1 aliphatic rings. The second-order valence-corrected chi connectivity index (χ2v) is 4.69. The summed E-state index contributed by atoms with van der Waals surface area (Å²) in [6, 6.07) is 0. The molecule has 1 amide bonds. The van der Waals surface area contributed by atoms with Crippen LogP contribution in [-0.4, -0.2) is 30.1 Å². The number of hydrogen-bond donors (Lipinski definition) is 0. The van der Waals surface area contributed by atoms with Gasteiger partial charge >= 0.3 is 5.97 Å². The van der Waals surface area contributed by atoms with Crippen molar-refractivity contribution in [3.63, 3.8) is 0 Å². The van der Waals surface area contributed by atoms with Crippen molar-refractivity contribution in [3.8, 4) is 0 Å². The van der Waals surface area contributed by atoms with Crippen LogP contribution in [0, 0.1) is 11.8 Å². The van der Waals surface area contributed by atoms with Crippen molar-refractivity contribution in [2.45, 2.75) is 33.9 Å². The lowest BCUT2D eigenvalue weighted by Crippen LogP contribution is -2.37. The maximum Gasteiger partial charge on any atom is 0.310 e. The minimum Gasteiger partial charge on any atom is -0.437 e. The number of esters is 1. The number of hydrogen-bond acceptors (Lipinski definition) is 3. The maximum absolute atomic E-state index is 11.5. The van der Waals surface area contributed by atoms with Crippen LogP contribution in [0.25, 0.3) is 0 Å². The molecule has 0 aromatic carbocycles. The summed E-state index contributed by atoms with van der Waals surface area (Å²) in [6.07, 6.45) is 1.03. The summed E-state index contributed by atoms with van der Waals surface area (Å²) in [5.74, 6) is -0.375. The Bertz CT molecular complexity index is 331. The van der Waals surface area contributed by atoms with E-state index in [4.69, 9.17) is 4.74 Å². The number of carbonyl (C=O) groups excluding carboxylic acids is 2. The average Bonchev–Trinajstić information content (AvgIpc) is 2.45. The quantitative estimate of drug-likeness (QED) is 0.685. The van der Waals surface area contributed by atoms with E-state index in [1.165, 1.54) is 4.90 Å². The normalized spacial score (nSPS) is 20.7. The third-order valence-corrected chi connectivity index (χ3v) is 2.64. The highest BCUT2D eigenvalue weighted by Crippen LogP contribution is 2.26. The molecule has 4 heteroatoms. The fourth-order valence-corrected chi connectivity index (χ4v) is 1.50. The van der Waals surface area contributed by atoms with Crippen LogP contribution in [0.15, 0.2) is 11.6 Å². The maximum atomic E-state index is 11.5. The second kappa shape index (κ2) is 4.68. The van der Waals surface area contributed by atoms with Crippen LogP contribution in [0.3, 0.4) is 0 Å². The summed E-state index contributed by atoms with van der Waals surface area (Å²) in [4.78, 5) is 24.5. The molecule has 1 aliphatic heterocycles. The van der Waals surface area contributed by atoms with Crippen LogP contribution in [0.1, 0.15) is 27.7 Å². The number of nitrogens with zero attached hydrogens (tertiary/aromatic N) is 1. The molecule has 0 radical (unpaired) electrons. The smallest absolute Gasteiger partial charge is 0.310 e. The molecule has 0 fully saturated rings. The summed E-state index contributed by atoms with van der Waals surface area (Å²) in [5.41, 5.74) is 0.863. The van der Waals surface area contributed by atoms with Gasteiger partial charge in [0.2, 0.25) is 12.1 Å². The van der Waals surface area contributed by atoms with Crippen LogP contribution >= 0.6 is 0 Å². The molecule has 0 saturated heterocycles. The number of amides is 1. The fourth-order valence-electron chi connectivity index (χ4n) is 1.50. The number of likely N-dealkylation sites (N-methyl/N-ethyl adjacent to an activating group) is 1. The minimum absolute atomic E-state index is 0.106. The molecule has 0 aromatic heterocycles. The van der Waals surface area contributed by atoms with Gasteiger partial charge < -0.3 is 9.64 Å². The lowest BCUT2D eigenvalue weighted by atomic mass is 10.0. The molecule has 1 heterocycles. The van der Waals surface area contributed by atoms with Gasteiger partial charge in [-0.1, -0.05) is 27.7 Å². The molecule has 0 spiro atoms. The van der Waals surface area contributed by atoms with E-state index in [1.807, 2.05) is 13.8 Å². The van der Waals surface area contributed by atoms with E-state index in [2.05, 4.69) is 0 Å². The number of carbonyl (C=O) groups is 2. The molecule has 1 unspecified atom stereocenters. The highest BCUT2D eigenvalue weighted by atomic mass is 16.6. The summed E-state index contributed by atoms with van der Waals surface area (Å²) in [6.45, 7) is 7.51. The van der Waals surface area contributed by atoms with Crippen molar-refractivity contribution in [1.82, 2.24) is 4.90 Å². The van der Waals surface area contributed by atoms with Gasteiger partial charge in [-0.15, -0.1) is 0 Å². The van der Waals surface area contributed by atoms with E-state index in [0.717, 1.165) is 5.57 Å². The van der Waals surface area contributed by atoms with Crippen molar-refractivity contribution >= 4 is 11.9 Å². The predicted molar refractivity (Wildman–Crippen MR) is 60.4 cm³/mol. The number of rotatable bonds is 3. The molecule has 0 aromatic rings. The first-order chi connectivity index (χ1) is 7.34. The average molecular weight is 225 g/mol. The van der Waals surface area contributed by atoms with E-state index in [0.29, 0.717) is 0 Å². The first kappa shape index (κ1) is 12.7. The Morgan fingerprint density at radius 3 is 2.38 bits per heavy atom. The van der Waals surface area contributed by atoms with Crippen molar-refractivity contribution < 1.29 is 14.3 Å². The van der Waals surface area contributed by atoms with Gasteiger partial charge in [0.15, 0.2) is 0 Å². The Balaban J connectivity index is 2.82. The molecule has 0 aliphatic carbocycles. The monoisotopic (exact) mass is 225 g/mol. The van der Waals surface area contributed by atoms with E-state index >= 15 is 0 Å². The van der Waals surface area contributed by atoms with Crippen molar-refractivity contribution in [2.24, 2.45) is 11.8 Å². The largest absolute Gasteiger partial charge is 0.437 e. The van der Waals surface area contributed by atoms with Gasteiger partial charge in [-0.05, 0) is 11.5 Å². The van der Waals surface area contributed by atoms with E-state index < -0.39 is 6.23 Å². The molecule has 0 saturated carbocycles. The molecule has 1 atom stereocenters. The molecule has 16 heavy (non-hydrogen) atoms. The molecule has 90 valence electrons. The van der Waals surface area contributed by atoms with Crippen LogP contribution in [-0.2, 0) is 14.3 Å². The highest BCUT2D eigenvalue weighted by Gasteiger charge is 2.34. The van der Waals surface area contributed by atoms with Gasteiger partial charge in [-0.2, -0.15) is 0 Å². The zero-order valence-electron chi connectivity index (χ0n) is 10.5. The summed E-state index contributed by atoms with van der Waals surface area (Å²) in [7, 11) is 1.65. The molecular formula is C12H19NO3. The molecule has 0 bridgehead atoms. The second-order valence-electron chi connectivity index (χ2n) is 4.69. The molecule has 1 rings (SSSR count). The van der Waals surface area contributed by atoms with Gasteiger partial charge in [-0.25, -0.2) is 0 Å². The zero-order chi connectivity index (χ0) is 12.5. The third kappa shape index (κ3) is 2.43. The third-order valence-electron chi connectivity index (χ3n) is 2.64. The SMILES string of the molecule is CC(C)C(=O)OC1C(C(C)C)=CC(=O)N1C. The highest BCUT2D eigenvalue weighted by molar-refractivity contribution is 5.92. The van der Waals surface area contributed by atoms with E-state index in [1.54, 1.807) is 27.0 Å². The van der Waals surface area contributed by atoms with Crippen molar-refractivity contribution in [2.75, 3.05) is 7.05 Å². The van der Waals surface area contributed by atoms with Crippen LogP contribution in [0.4, 0.5) is 0 Å². The zero-order valence-corrected chi connectivity index (χ0v) is 10.5. The topological polar surface area (TPSA) is 46.6 Å². The summed E-state index contributed by atoms with van der Waals surface area (Å²) in [5, 5.41) is 0. The Morgan fingerprint density at radius 1 is 1.38 bits per heavy atom. The minimum atomic E-state index is -0.526. The summed E-state index contributed by atoms with van der Waals surface area (Å²) < 4.78 is 5.33. The number of ether oxygens (including phenoxy) is 1. The lowest BCUT2D eigenvalue weighted by Gasteiger charge is -2.25. The van der Waals surface area contributed by atoms with Crippen LogP contribution < -0.4 is 0 Å². The Morgan fingerprint density at radius 2 is 1.94 bits per heavy atom. The van der Waals surface area contributed by atoms with Gasteiger partial charge in [0, 0.05) is 13.1 Å². The summed E-state index contributed by atoms with van der Waals surface area (Å²) >= 11 is 0. The Kier molecular flexibility index (Phi) is 3.73. The molecule has 4 nitrogen and oxygen atoms in total. The van der Waals surface area contributed by atoms with Crippen molar-refractivity contribution in [3.05, 3.63) is 11.6 Å². The standard InChI is InChI=1S/C12H19NO3/c1-7(2)9-6-10(14)13(5)11(9)16-12(15)8(3)4/h6-8,11H,1-5H3. The van der Waals surface area contributed by atoms with Gasteiger partial charge in [0.05, 0.1) is 5.92 Å². The van der Waals surface area contributed by atoms with Crippen molar-refractivity contribution in [1.29, 1.82) is 0 Å². The Labute approximate surface area is 96.3 Å². The van der Waals surface area contributed by atoms with Gasteiger partial charge in [-0.3, -0.25) is 9.59 Å². The Hall–Kier alpha value is -1.32. The molecule has 0 N–H and O–H groups in total. The van der Waals surface area contributed by atoms with Crippen LogP contribution in [0.5, 0.6) is 0 Å². The lowest BCUT2D eigenvalue weighted by molar-refractivity contribution is -0.160. The van der Waals surface area contributed by atoms with E-state index in [-0.39, 0.29) is 23.7 Å². The first-order valence-electron chi connectivity index (χ1n) is 5.53. The first-order valence-corrected chi connectivity index (χ1v) is 5.53. The van der Waals surface area contributed by atoms with E-state index in [9.17, 15) is 9.59 Å². The van der Waals surface area contributed by atoms with Gasteiger partial charge in [0.25, 0.3) is 0 Å². The fraction of sp³-hybridized carbons (Fsp3) is 0.667. The van der Waals surface area contributed by atoms with Crippen LogP contribution in [0.2, 0.25) is 0 Å². The van der Waals surface area contributed by atoms with Gasteiger partial charge in [0.1, 0.15) is 0 Å². The predicted octanol–water partition coefficient (Wildman–Crippen LogP) is 1.57. The molecular weight excluding hydrogens is 206 g/mol.